The van der Waals surface area contributed by atoms with Gasteiger partial charge in [0.1, 0.15) is 11.9 Å². The first-order valence-electron chi connectivity index (χ1n) is 27.8. The van der Waals surface area contributed by atoms with Crippen LogP contribution in [-0.4, -0.2) is 167 Å². The van der Waals surface area contributed by atoms with Crippen LogP contribution in [0, 0.1) is 23.6 Å². The topological polar surface area (TPSA) is 163 Å². The Hall–Kier alpha value is -6.00. The first kappa shape index (κ1) is 51.5. The van der Waals surface area contributed by atoms with Crippen LogP contribution in [0.25, 0.3) is 10.8 Å². The zero-order chi connectivity index (χ0) is 51.1. The second kappa shape index (κ2) is 23.7. The lowest BCUT2D eigenvalue weighted by molar-refractivity contribution is -0.137. The van der Waals surface area contributed by atoms with Gasteiger partial charge in [-0.05, 0) is 118 Å². The molecule has 2 N–H and O–H groups in total. The average Bonchev–Trinajstić information content (AvgIpc) is 4.00. The normalized spacial score (nSPS) is 21.5. The molecule has 0 radical (unpaired) electrons. The highest BCUT2D eigenvalue weighted by atomic mass is 19.1. The maximum Gasteiger partial charge on any atom is 0.272 e. The Bertz CT molecular complexity index is 2710. The summed E-state index contributed by atoms with van der Waals surface area (Å²) in [4.78, 5) is 93.4. The highest BCUT2D eigenvalue weighted by Gasteiger charge is 2.37. The SMILES string of the molecule is O=C(N[C@@H](C(=O)N1CCN(CC2CCN(CC(=O)N3CCN(C(=O)c4cc(Cc5n[nH]c(=O)c6ccccc56)ccc4F)CC3)CC2)CC1)C1CCCCC1)c1cccc(C2CCCN(C(=O)C3CCCC3)C2)c1. The molecule has 6 fully saturated rings. The lowest BCUT2D eigenvalue weighted by Gasteiger charge is -2.41. The van der Waals surface area contributed by atoms with E-state index >= 15 is 4.39 Å². The van der Waals surface area contributed by atoms with E-state index in [0.717, 1.165) is 128 Å². The van der Waals surface area contributed by atoms with Crippen molar-refractivity contribution in [3.8, 4) is 0 Å². The van der Waals surface area contributed by atoms with Crippen molar-refractivity contribution in [3.05, 3.63) is 111 Å². The molecule has 2 saturated carbocycles. The number of carbonyl (C=O) groups excluding carboxylic acids is 5. The Morgan fingerprint density at radius 1 is 0.662 bits per heavy atom. The number of piperazine rings is 2. The molecule has 3 aromatic carbocycles. The van der Waals surface area contributed by atoms with Crippen molar-refractivity contribution in [2.24, 2.45) is 17.8 Å². The van der Waals surface area contributed by atoms with E-state index in [4.69, 9.17) is 0 Å². The number of H-pyrrole nitrogens is 1. The molecule has 0 spiro atoms. The molecular weight excluding hydrogens is 938 g/mol. The Labute approximate surface area is 434 Å². The number of benzene rings is 3. The van der Waals surface area contributed by atoms with E-state index in [2.05, 4.69) is 36.3 Å². The van der Waals surface area contributed by atoms with Crippen LogP contribution >= 0.6 is 0 Å². The highest BCUT2D eigenvalue weighted by molar-refractivity contribution is 5.98. The van der Waals surface area contributed by atoms with Gasteiger partial charge in [0, 0.05) is 101 Å². The summed E-state index contributed by atoms with van der Waals surface area (Å²) in [7, 11) is 0. The third kappa shape index (κ3) is 12.1. The molecule has 6 aliphatic rings. The molecule has 5 heterocycles. The average molecular weight is 1010 g/mol. The van der Waals surface area contributed by atoms with Gasteiger partial charge in [-0.2, -0.15) is 5.10 Å². The first-order valence-corrected chi connectivity index (χ1v) is 27.8. The molecule has 4 aromatic rings. The van der Waals surface area contributed by atoms with Crippen molar-refractivity contribution in [2.45, 2.75) is 102 Å². The molecule has 4 aliphatic heterocycles. The van der Waals surface area contributed by atoms with Gasteiger partial charge in [0.2, 0.25) is 17.7 Å². The summed E-state index contributed by atoms with van der Waals surface area (Å²) < 4.78 is 15.1. The van der Waals surface area contributed by atoms with Crippen molar-refractivity contribution < 1.29 is 28.4 Å². The fourth-order valence-electron chi connectivity index (χ4n) is 12.9. The standard InChI is InChI=1S/C58H74FN9O6/c59-50-20-19-41(35-51-47-17-6-7-18-48(47)55(71)62-61-51)34-49(50)57(73)66-32-30-65(31-33-66)52(69)39-63-24-21-40(22-25-63)37-64-26-28-67(29-27-64)58(74)53(42-10-2-1-3-11-42)60-54(70)45-15-8-14-44(36-45)46-16-9-23-68(38-46)56(72)43-12-4-5-13-43/h6-8,14-15,17-20,34,36,40,42-43,46,53H,1-5,9-13,16,21-33,35,37-39H2,(H,60,70)(H,62,71)/t46?,53-/m1/s1. The zero-order valence-corrected chi connectivity index (χ0v) is 43.0. The van der Waals surface area contributed by atoms with Crippen LogP contribution in [0.5, 0.6) is 0 Å². The van der Waals surface area contributed by atoms with Crippen LogP contribution in [0.2, 0.25) is 0 Å². The van der Waals surface area contributed by atoms with Crippen LogP contribution < -0.4 is 10.9 Å². The second-order valence-electron chi connectivity index (χ2n) is 22.1. The molecule has 1 unspecified atom stereocenters. The molecule has 2 aliphatic carbocycles. The van der Waals surface area contributed by atoms with Crippen molar-refractivity contribution in [2.75, 3.05) is 91.6 Å². The Morgan fingerprint density at radius 3 is 2.12 bits per heavy atom. The van der Waals surface area contributed by atoms with Crippen molar-refractivity contribution in [1.29, 1.82) is 0 Å². The van der Waals surface area contributed by atoms with Crippen LogP contribution in [0.15, 0.2) is 71.5 Å². The number of aromatic nitrogens is 2. The van der Waals surface area contributed by atoms with Gasteiger partial charge in [-0.25, -0.2) is 9.49 Å². The number of carbonyl (C=O) groups is 5. The monoisotopic (exact) mass is 1010 g/mol. The quantitative estimate of drug-likeness (QED) is 0.162. The maximum atomic E-state index is 15.1. The largest absolute Gasteiger partial charge is 0.342 e. The number of amides is 5. The van der Waals surface area contributed by atoms with E-state index in [-0.39, 0.29) is 46.6 Å². The van der Waals surface area contributed by atoms with E-state index in [1.807, 2.05) is 40.1 Å². The molecule has 10 rings (SSSR count). The van der Waals surface area contributed by atoms with E-state index in [9.17, 15) is 28.8 Å². The second-order valence-corrected chi connectivity index (χ2v) is 22.1. The molecule has 5 amide bonds. The lowest BCUT2D eigenvalue weighted by atomic mass is 9.83. The smallest absolute Gasteiger partial charge is 0.272 e. The maximum absolute atomic E-state index is 15.1. The van der Waals surface area contributed by atoms with Gasteiger partial charge >= 0.3 is 0 Å². The van der Waals surface area contributed by atoms with Crippen LogP contribution in [0.3, 0.4) is 0 Å². The number of nitrogens with one attached hydrogen (secondary N) is 2. The Kier molecular flexibility index (Phi) is 16.5. The number of hydrogen-bond acceptors (Lipinski definition) is 9. The minimum atomic E-state index is -0.604. The fourth-order valence-corrected chi connectivity index (χ4v) is 12.9. The summed E-state index contributed by atoms with van der Waals surface area (Å²) in [6, 6.07) is 19.0. The number of hydrogen-bond donors (Lipinski definition) is 2. The fraction of sp³-hybridized carbons (Fsp3) is 0.569. The summed E-state index contributed by atoms with van der Waals surface area (Å²) >= 11 is 0. The third-order valence-electron chi connectivity index (χ3n) is 17.3. The molecule has 74 heavy (non-hydrogen) atoms. The van der Waals surface area contributed by atoms with E-state index in [1.165, 1.54) is 6.07 Å². The van der Waals surface area contributed by atoms with Crippen molar-refractivity contribution in [1.82, 2.24) is 44.9 Å². The Balaban J connectivity index is 0.657. The molecule has 16 heteroatoms. The molecule has 394 valence electrons. The van der Waals surface area contributed by atoms with Crippen LogP contribution in [-0.2, 0) is 20.8 Å². The number of piperidine rings is 2. The number of halogens is 1. The molecule has 0 bridgehead atoms. The predicted molar refractivity (Wildman–Crippen MR) is 281 cm³/mol. The van der Waals surface area contributed by atoms with Gasteiger partial charge in [0.15, 0.2) is 0 Å². The van der Waals surface area contributed by atoms with E-state index in [0.29, 0.717) is 98.2 Å². The minimum absolute atomic E-state index is 0.0202. The van der Waals surface area contributed by atoms with E-state index in [1.54, 1.807) is 29.2 Å². The summed E-state index contributed by atoms with van der Waals surface area (Å²) in [5.74, 6) is 0.144. The lowest BCUT2D eigenvalue weighted by Crippen LogP contribution is -2.57. The third-order valence-corrected chi connectivity index (χ3v) is 17.3. The number of fused-ring (bicyclic) bond motifs is 1. The molecular formula is C58H74FN9O6. The van der Waals surface area contributed by atoms with E-state index < -0.39 is 17.8 Å². The minimum Gasteiger partial charge on any atom is -0.342 e. The summed E-state index contributed by atoms with van der Waals surface area (Å²) in [6.07, 6.45) is 13.7. The van der Waals surface area contributed by atoms with Crippen molar-refractivity contribution >= 4 is 40.3 Å². The van der Waals surface area contributed by atoms with Crippen LogP contribution in [0.4, 0.5) is 4.39 Å². The summed E-state index contributed by atoms with van der Waals surface area (Å²) in [6.45, 7) is 8.71. The number of aromatic amines is 1. The van der Waals surface area contributed by atoms with Gasteiger partial charge < -0.3 is 24.9 Å². The predicted octanol–water partition coefficient (Wildman–Crippen LogP) is 6.07. The zero-order valence-electron chi connectivity index (χ0n) is 43.0. The van der Waals surface area contributed by atoms with Gasteiger partial charge in [-0.15, -0.1) is 0 Å². The van der Waals surface area contributed by atoms with Gasteiger partial charge in [-0.1, -0.05) is 68.5 Å². The van der Waals surface area contributed by atoms with Gasteiger partial charge in [0.25, 0.3) is 17.4 Å². The number of likely N-dealkylation sites (tertiary alicyclic amines) is 2. The summed E-state index contributed by atoms with van der Waals surface area (Å²) in [5.41, 5.74) is 2.69. The van der Waals surface area contributed by atoms with Gasteiger partial charge in [-0.3, -0.25) is 38.6 Å². The highest BCUT2D eigenvalue weighted by Crippen LogP contribution is 2.33. The van der Waals surface area contributed by atoms with Crippen molar-refractivity contribution in [3.63, 3.8) is 0 Å². The summed E-state index contributed by atoms with van der Waals surface area (Å²) in [5, 5.41) is 11.3. The van der Waals surface area contributed by atoms with Gasteiger partial charge in [0.05, 0.1) is 23.2 Å². The molecule has 2 atom stereocenters. The number of nitrogens with zero attached hydrogens (tertiary/aromatic N) is 7. The van der Waals surface area contributed by atoms with Crippen LogP contribution in [0.1, 0.15) is 127 Å². The molecule has 15 nitrogen and oxygen atoms in total. The Morgan fingerprint density at radius 2 is 1.36 bits per heavy atom. The first-order chi connectivity index (χ1) is 36.0. The molecule has 4 saturated heterocycles. The molecule has 1 aromatic heterocycles. The number of rotatable bonds is 13.